The summed E-state index contributed by atoms with van der Waals surface area (Å²) in [6.07, 6.45) is -3.56. The van der Waals surface area contributed by atoms with Gasteiger partial charge in [0.2, 0.25) is 0 Å². The molecular formula is C10H12F3N. The van der Waals surface area contributed by atoms with Gasteiger partial charge >= 0.3 is 6.18 Å². The Bertz CT molecular complexity index is 306. The van der Waals surface area contributed by atoms with Gasteiger partial charge in [0.05, 0.1) is 0 Å². The lowest BCUT2D eigenvalue weighted by atomic mass is 10.0. The van der Waals surface area contributed by atoms with Crippen LogP contribution in [0.5, 0.6) is 0 Å². The molecule has 0 radical (unpaired) electrons. The number of pyridine rings is 1. The maximum Gasteiger partial charge on any atom is 0.433 e. The van der Waals surface area contributed by atoms with Gasteiger partial charge in [-0.3, -0.25) is 0 Å². The van der Waals surface area contributed by atoms with Gasteiger partial charge in [-0.2, -0.15) is 13.2 Å². The SMILES string of the molecule is CCC(C)c1cccc(C(F)(F)F)n1. The normalized spacial score (nSPS) is 14.1. The Morgan fingerprint density at radius 3 is 2.50 bits per heavy atom. The fourth-order valence-corrected chi connectivity index (χ4v) is 1.09. The van der Waals surface area contributed by atoms with Crippen molar-refractivity contribution >= 4 is 0 Å². The van der Waals surface area contributed by atoms with Crippen molar-refractivity contribution < 1.29 is 13.2 Å². The molecule has 0 saturated heterocycles. The molecule has 0 spiro atoms. The number of hydrogen-bond acceptors (Lipinski definition) is 1. The molecule has 1 nitrogen and oxygen atoms in total. The molecule has 0 aliphatic carbocycles. The lowest BCUT2D eigenvalue weighted by Crippen LogP contribution is -2.09. The molecule has 0 N–H and O–H groups in total. The molecular weight excluding hydrogens is 191 g/mol. The molecule has 0 amide bonds. The Morgan fingerprint density at radius 2 is 2.00 bits per heavy atom. The van der Waals surface area contributed by atoms with Crippen molar-refractivity contribution in [2.45, 2.75) is 32.4 Å². The van der Waals surface area contributed by atoms with E-state index in [9.17, 15) is 13.2 Å². The van der Waals surface area contributed by atoms with Crippen molar-refractivity contribution in [2.75, 3.05) is 0 Å². The van der Waals surface area contributed by atoms with Gasteiger partial charge in [-0.05, 0) is 24.5 Å². The Labute approximate surface area is 81.0 Å². The summed E-state index contributed by atoms with van der Waals surface area (Å²) < 4.78 is 36.8. The second kappa shape index (κ2) is 3.98. The average Bonchev–Trinajstić information content (AvgIpc) is 2.15. The van der Waals surface area contributed by atoms with E-state index in [1.807, 2.05) is 13.8 Å². The molecule has 4 heteroatoms. The van der Waals surface area contributed by atoms with Gasteiger partial charge in [-0.15, -0.1) is 0 Å². The van der Waals surface area contributed by atoms with Crippen LogP contribution < -0.4 is 0 Å². The van der Waals surface area contributed by atoms with Crippen LogP contribution in [0.15, 0.2) is 18.2 Å². The van der Waals surface area contributed by atoms with Crippen LogP contribution in [0.1, 0.15) is 37.6 Å². The zero-order chi connectivity index (χ0) is 10.8. The van der Waals surface area contributed by atoms with E-state index in [0.717, 1.165) is 12.5 Å². The maximum absolute atomic E-state index is 12.3. The Balaban J connectivity index is 3.01. The van der Waals surface area contributed by atoms with E-state index in [2.05, 4.69) is 4.98 Å². The van der Waals surface area contributed by atoms with Gasteiger partial charge in [0.25, 0.3) is 0 Å². The number of rotatable bonds is 2. The van der Waals surface area contributed by atoms with E-state index in [1.54, 1.807) is 6.07 Å². The monoisotopic (exact) mass is 203 g/mol. The number of alkyl halides is 3. The molecule has 1 aromatic rings. The molecule has 1 rings (SSSR count). The van der Waals surface area contributed by atoms with Gasteiger partial charge in [-0.25, -0.2) is 4.98 Å². The van der Waals surface area contributed by atoms with Gasteiger partial charge in [0, 0.05) is 5.69 Å². The van der Waals surface area contributed by atoms with Crippen molar-refractivity contribution in [3.8, 4) is 0 Å². The van der Waals surface area contributed by atoms with Crippen LogP contribution in [0.25, 0.3) is 0 Å². The van der Waals surface area contributed by atoms with E-state index in [0.29, 0.717) is 5.69 Å². The summed E-state index contributed by atoms with van der Waals surface area (Å²) in [5, 5.41) is 0. The molecule has 0 aromatic carbocycles. The van der Waals surface area contributed by atoms with Crippen LogP contribution in [0, 0.1) is 0 Å². The lowest BCUT2D eigenvalue weighted by molar-refractivity contribution is -0.141. The molecule has 1 atom stereocenters. The first-order valence-corrected chi connectivity index (χ1v) is 4.49. The summed E-state index contributed by atoms with van der Waals surface area (Å²) in [5.74, 6) is 0.0669. The van der Waals surface area contributed by atoms with E-state index in [4.69, 9.17) is 0 Å². The van der Waals surface area contributed by atoms with Crippen LogP contribution in [-0.2, 0) is 6.18 Å². The van der Waals surface area contributed by atoms with Crippen molar-refractivity contribution in [3.63, 3.8) is 0 Å². The van der Waals surface area contributed by atoms with Crippen LogP contribution in [0.2, 0.25) is 0 Å². The molecule has 14 heavy (non-hydrogen) atoms. The Morgan fingerprint density at radius 1 is 1.36 bits per heavy atom. The Hall–Kier alpha value is -1.06. The maximum atomic E-state index is 12.3. The second-order valence-electron chi connectivity index (χ2n) is 3.25. The third-order valence-electron chi connectivity index (χ3n) is 2.18. The fourth-order valence-electron chi connectivity index (χ4n) is 1.09. The number of hydrogen-bond donors (Lipinski definition) is 0. The topological polar surface area (TPSA) is 12.9 Å². The van der Waals surface area contributed by atoms with Gasteiger partial charge in [0.1, 0.15) is 5.69 Å². The number of halogens is 3. The summed E-state index contributed by atoms with van der Waals surface area (Å²) in [4.78, 5) is 3.59. The minimum absolute atomic E-state index is 0.0669. The average molecular weight is 203 g/mol. The largest absolute Gasteiger partial charge is 0.433 e. The summed E-state index contributed by atoms with van der Waals surface area (Å²) >= 11 is 0. The first-order chi connectivity index (χ1) is 6.45. The van der Waals surface area contributed by atoms with E-state index in [-0.39, 0.29) is 5.92 Å². The molecule has 78 valence electrons. The zero-order valence-electron chi connectivity index (χ0n) is 8.10. The minimum atomic E-state index is -4.34. The number of nitrogens with zero attached hydrogens (tertiary/aromatic N) is 1. The highest BCUT2D eigenvalue weighted by Gasteiger charge is 2.32. The summed E-state index contributed by atoms with van der Waals surface area (Å²) in [6, 6.07) is 4.02. The van der Waals surface area contributed by atoms with Crippen LogP contribution in [-0.4, -0.2) is 4.98 Å². The molecule has 1 heterocycles. The van der Waals surface area contributed by atoms with Crippen molar-refractivity contribution in [1.29, 1.82) is 0 Å². The van der Waals surface area contributed by atoms with E-state index >= 15 is 0 Å². The fraction of sp³-hybridized carbons (Fsp3) is 0.500. The lowest BCUT2D eigenvalue weighted by Gasteiger charge is -2.11. The standard InChI is InChI=1S/C10H12F3N/c1-3-7(2)8-5-4-6-9(14-8)10(11,12)13/h4-7H,3H2,1-2H3. The van der Waals surface area contributed by atoms with Gasteiger partial charge < -0.3 is 0 Å². The predicted octanol–water partition coefficient (Wildman–Crippen LogP) is 3.61. The van der Waals surface area contributed by atoms with Gasteiger partial charge in [0.15, 0.2) is 0 Å². The highest BCUT2D eigenvalue weighted by atomic mass is 19.4. The first kappa shape index (κ1) is 11.0. The second-order valence-corrected chi connectivity index (χ2v) is 3.25. The summed E-state index contributed by atoms with van der Waals surface area (Å²) in [5.41, 5.74) is -0.308. The minimum Gasteiger partial charge on any atom is -0.248 e. The molecule has 0 saturated carbocycles. The quantitative estimate of drug-likeness (QED) is 0.715. The molecule has 1 unspecified atom stereocenters. The third kappa shape index (κ3) is 2.47. The Kier molecular flexibility index (Phi) is 3.13. The smallest absolute Gasteiger partial charge is 0.248 e. The summed E-state index contributed by atoms with van der Waals surface area (Å²) in [6.45, 7) is 3.79. The van der Waals surface area contributed by atoms with Gasteiger partial charge in [-0.1, -0.05) is 19.9 Å². The number of aromatic nitrogens is 1. The highest BCUT2D eigenvalue weighted by molar-refractivity contribution is 5.16. The predicted molar refractivity (Wildman–Crippen MR) is 47.9 cm³/mol. The van der Waals surface area contributed by atoms with E-state index in [1.165, 1.54) is 6.07 Å². The zero-order valence-corrected chi connectivity index (χ0v) is 8.10. The molecule has 0 fully saturated rings. The van der Waals surface area contributed by atoms with Crippen molar-refractivity contribution in [3.05, 3.63) is 29.6 Å². The van der Waals surface area contributed by atoms with Crippen molar-refractivity contribution in [2.24, 2.45) is 0 Å². The third-order valence-corrected chi connectivity index (χ3v) is 2.18. The first-order valence-electron chi connectivity index (χ1n) is 4.49. The molecule has 1 aromatic heterocycles. The molecule has 0 bridgehead atoms. The van der Waals surface area contributed by atoms with Crippen LogP contribution in [0.4, 0.5) is 13.2 Å². The highest BCUT2D eigenvalue weighted by Crippen LogP contribution is 2.28. The van der Waals surface area contributed by atoms with E-state index < -0.39 is 11.9 Å². The molecule has 0 aliphatic rings. The van der Waals surface area contributed by atoms with Crippen molar-refractivity contribution in [1.82, 2.24) is 4.98 Å². The van der Waals surface area contributed by atoms with Crippen LogP contribution >= 0.6 is 0 Å². The molecule has 0 aliphatic heterocycles. The van der Waals surface area contributed by atoms with Crippen LogP contribution in [0.3, 0.4) is 0 Å². The summed E-state index contributed by atoms with van der Waals surface area (Å²) in [7, 11) is 0.